The second kappa shape index (κ2) is 9.11. The van der Waals surface area contributed by atoms with Gasteiger partial charge in [-0.2, -0.15) is 5.10 Å². The zero-order valence-corrected chi connectivity index (χ0v) is 21.4. The van der Waals surface area contributed by atoms with Gasteiger partial charge in [0.05, 0.1) is 29.3 Å². The van der Waals surface area contributed by atoms with Gasteiger partial charge in [-0.15, -0.1) is 0 Å². The molecule has 3 aromatic rings. The van der Waals surface area contributed by atoms with E-state index in [4.69, 9.17) is 27.2 Å². The van der Waals surface area contributed by atoms with Gasteiger partial charge in [0.25, 0.3) is 5.91 Å². The number of hydrogen-bond donors (Lipinski definition) is 1. The first-order valence-electron chi connectivity index (χ1n) is 11.9. The Morgan fingerprint density at radius 2 is 1.94 bits per heavy atom. The van der Waals surface area contributed by atoms with Crippen LogP contribution in [-0.2, 0) is 14.8 Å². The second-order valence-electron chi connectivity index (χ2n) is 9.46. The molecule has 8 nitrogen and oxygen atoms in total. The number of nitrogens with two attached hydrogens (primary N) is 1. The van der Waals surface area contributed by atoms with Crippen molar-refractivity contribution >= 4 is 44.1 Å². The number of hydrogen-bond acceptors (Lipinski definition) is 5. The Morgan fingerprint density at radius 3 is 2.49 bits per heavy atom. The molecule has 0 radical (unpaired) electrons. The number of amides is 1. The summed E-state index contributed by atoms with van der Waals surface area (Å²) in [5.74, 6) is -0.353. The number of sulfonamides is 1. The van der Waals surface area contributed by atoms with Gasteiger partial charge < -0.3 is 10.5 Å². The molecule has 1 saturated heterocycles. The first-order valence-corrected chi connectivity index (χ1v) is 14.1. The molecule has 5 rings (SSSR count). The topological polar surface area (TPSA) is 108 Å². The van der Waals surface area contributed by atoms with Gasteiger partial charge in [-0.3, -0.25) is 9.10 Å². The van der Waals surface area contributed by atoms with Crippen LogP contribution >= 0.6 is 11.6 Å². The molecule has 1 aliphatic carbocycles. The molecule has 1 aliphatic heterocycles. The van der Waals surface area contributed by atoms with Crippen molar-refractivity contribution in [2.45, 2.75) is 51.0 Å². The van der Waals surface area contributed by atoms with Gasteiger partial charge in [0.2, 0.25) is 10.0 Å². The molecule has 186 valence electrons. The van der Waals surface area contributed by atoms with Crippen LogP contribution in [0.25, 0.3) is 16.6 Å². The molecule has 2 fully saturated rings. The van der Waals surface area contributed by atoms with E-state index in [9.17, 15) is 13.2 Å². The summed E-state index contributed by atoms with van der Waals surface area (Å²) in [7, 11) is -3.54. The second-order valence-corrected chi connectivity index (χ2v) is 11.8. The fraction of sp³-hybridized carbons (Fsp3) is 0.440. The lowest BCUT2D eigenvalue weighted by molar-refractivity contribution is -0.0549. The van der Waals surface area contributed by atoms with Gasteiger partial charge in [0.1, 0.15) is 5.69 Å². The lowest BCUT2D eigenvalue weighted by Crippen LogP contribution is -2.33. The zero-order chi connectivity index (χ0) is 24.9. The Kier molecular flexibility index (Phi) is 6.27. The number of aromatic nitrogens is 2. The standard InChI is InChI=1S/C25H29ClN4O4S/c1-15-22(16-5-6-16)21(29(35(2,32)33)12-3-4-19-11-13-34-19)14-20-23(15)24(25(27)31)30(28-20)18-9-7-17(26)8-10-18/h7-10,14,16,19H,3-6,11-13H2,1-2H3,(H2,27,31). The van der Waals surface area contributed by atoms with Crippen molar-refractivity contribution in [2.24, 2.45) is 5.73 Å². The Hall–Kier alpha value is -2.62. The molecule has 2 aliphatic rings. The average Bonchev–Trinajstić information content (AvgIpc) is 3.50. The summed E-state index contributed by atoms with van der Waals surface area (Å²) < 4.78 is 34.4. The number of rotatable bonds is 9. The Bertz CT molecular complexity index is 1390. The number of benzene rings is 2. The van der Waals surface area contributed by atoms with Crippen LogP contribution < -0.4 is 10.0 Å². The largest absolute Gasteiger partial charge is 0.378 e. The monoisotopic (exact) mass is 516 g/mol. The SMILES string of the molecule is Cc1c(C2CC2)c(N(CCCC2CCO2)S(C)(=O)=O)cc2nn(-c3ccc(Cl)cc3)c(C(N)=O)c12. The van der Waals surface area contributed by atoms with E-state index >= 15 is 0 Å². The van der Waals surface area contributed by atoms with Gasteiger partial charge in [0, 0.05) is 23.6 Å². The van der Waals surface area contributed by atoms with Gasteiger partial charge in [-0.05, 0) is 86.4 Å². The van der Waals surface area contributed by atoms with E-state index in [2.05, 4.69) is 0 Å². The molecule has 1 saturated carbocycles. The molecule has 0 bridgehead atoms. The summed E-state index contributed by atoms with van der Waals surface area (Å²) in [5, 5.41) is 5.93. The van der Waals surface area contributed by atoms with E-state index in [0.29, 0.717) is 40.3 Å². The maximum absolute atomic E-state index is 12.9. The van der Waals surface area contributed by atoms with Crippen LogP contribution in [0, 0.1) is 6.92 Å². The van der Waals surface area contributed by atoms with Crippen molar-refractivity contribution in [3.05, 3.63) is 52.2 Å². The molecule has 1 aromatic heterocycles. The fourth-order valence-corrected chi connectivity index (χ4v) is 6.06. The van der Waals surface area contributed by atoms with Crippen molar-refractivity contribution in [3.8, 4) is 5.69 Å². The van der Waals surface area contributed by atoms with Gasteiger partial charge >= 0.3 is 0 Å². The highest BCUT2D eigenvalue weighted by atomic mass is 35.5. The Labute approximate surface area is 210 Å². The first-order chi connectivity index (χ1) is 16.6. The molecule has 1 atom stereocenters. The molecule has 1 unspecified atom stereocenters. The molecule has 2 aromatic carbocycles. The molecule has 1 amide bonds. The van der Waals surface area contributed by atoms with Crippen LogP contribution in [0.2, 0.25) is 5.02 Å². The number of anilines is 1. The van der Waals surface area contributed by atoms with Crippen LogP contribution in [0.15, 0.2) is 30.3 Å². The minimum absolute atomic E-state index is 0.219. The smallest absolute Gasteiger partial charge is 0.268 e. The third-order valence-electron chi connectivity index (χ3n) is 6.88. The van der Waals surface area contributed by atoms with E-state index in [-0.39, 0.29) is 17.7 Å². The number of ether oxygens (including phenoxy) is 1. The molecule has 0 spiro atoms. The number of fused-ring (bicyclic) bond motifs is 1. The van der Waals surface area contributed by atoms with Gasteiger partial charge in [-0.1, -0.05) is 11.6 Å². The summed E-state index contributed by atoms with van der Waals surface area (Å²) >= 11 is 6.05. The number of nitrogens with zero attached hydrogens (tertiary/aromatic N) is 3. The molecule has 2 N–H and O–H groups in total. The number of carbonyl (C=O) groups is 1. The van der Waals surface area contributed by atoms with Crippen LogP contribution in [-0.4, -0.2) is 49.6 Å². The summed E-state index contributed by atoms with van der Waals surface area (Å²) in [6.45, 7) is 3.08. The number of halogens is 1. The van der Waals surface area contributed by atoms with Crippen LogP contribution in [0.1, 0.15) is 59.6 Å². The Morgan fingerprint density at radius 1 is 1.26 bits per heavy atom. The molecular weight excluding hydrogens is 488 g/mol. The third kappa shape index (κ3) is 4.64. The minimum Gasteiger partial charge on any atom is -0.378 e. The quantitative estimate of drug-likeness (QED) is 0.456. The van der Waals surface area contributed by atoms with Gasteiger partial charge in [0.15, 0.2) is 0 Å². The summed E-state index contributed by atoms with van der Waals surface area (Å²) in [5.41, 5.74) is 9.75. The van der Waals surface area contributed by atoms with Crippen molar-refractivity contribution in [1.29, 1.82) is 0 Å². The Balaban J connectivity index is 1.67. The predicted octanol–water partition coefficient (Wildman–Crippen LogP) is 4.30. The number of carbonyl (C=O) groups excluding carboxylic acids is 1. The highest BCUT2D eigenvalue weighted by Gasteiger charge is 2.34. The van der Waals surface area contributed by atoms with E-state index in [1.807, 2.05) is 6.92 Å². The maximum Gasteiger partial charge on any atom is 0.268 e. The normalized spacial score (nSPS) is 18.0. The van der Waals surface area contributed by atoms with Crippen molar-refractivity contribution < 1.29 is 17.9 Å². The highest BCUT2D eigenvalue weighted by Crippen LogP contribution is 2.49. The predicted molar refractivity (Wildman–Crippen MR) is 137 cm³/mol. The average molecular weight is 517 g/mol. The molecule has 2 heterocycles. The first kappa shape index (κ1) is 24.1. The van der Waals surface area contributed by atoms with Crippen LogP contribution in [0.3, 0.4) is 0 Å². The summed E-state index contributed by atoms with van der Waals surface area (Å²) in [6.07, 6.45) is 5.96. The van der Waals surface area contributed by atoms with Crippen LogP contribution in [0.5, 0.6) is 0 Å². The lowest BCUT2D eigenvalue weighted by Gasteiger charge is -2.29. The maximum atomic E-state index is 12.9. The van der Waals surface area contributed by atoms with E-state index in [1.165, 1.54) is 15.2 Å². The zero-order valence-electron chi connectivity index (χ0n) is 19.8. The highest BCUT2D eigenvalue weighted by molar-refractivity contribution is 7.92. The number of primary amides is 1. The minimum atomic E-state index is -3.54. The molecule has 10 heteroatoms. The summed E-state index contributed by atoms with van der Waals surface area (Å²) in [6, 6.07) is 8.78. The lowest BCUT2D eigenvalue weighted by atomic mass is 9.96. The van der Waals surface area contributed by atoms with E-state index in [1.54, 1.807) is 30.3 Å². The van der Waals surface area contributed by atoms with E-state index < -0.39 is 15.9 Å². The van der Waals surface area contributed by atoms with Crippen molar-refractivity contribution in [3.63, 3.8) is 0 Å². The summed E-state index contributed by atoms with van der Waals surface area (Å²) in [4.78, 5) is 12.6. The van der Waals surface area contributed by atoms with E-state index in [0.717, 1.165) is 43.4 Å². The van der Waals surface area contributed by atoms with Crippen molar-refractivity contribution in [2.75, 3.05) is 23.7 Å². The van der Waals surface area contributed by atoms with Crippen LogP contribution in [0.4, 0.5) is 5.69 Å². The molecule has 35 heavy (non-hydrogen) atoms. The fourth-order valence-electron chi connectivity index (χ4n) is 4.97. The number of aryl methyl sites for hydroxylation is 1. The van der Waals surface area contributed by atoms with Crippen molar-refractivity contribution in [1.82, 2.24) is 9.78 Å². The third-order valence-corrected chi connectivity index (χ3v) is 8.31. The van der Waals surface area contributed by atoms with Gasteiger partial charge in [-0.25, -0.2) is 13.1 Å². The molecular formula is C25H29ClN4O4S.